The Hall–Kier alpha value is -0.570. The summed E-state index contributed by atoms with van der Waals surface area (Å²) in [6.45, 7) is 7.26. The van der Waals surface area contributed by atoms with Crippen LogP contribution in [0.1, 0.15) is 52.4 Å². The molecule has 0 bridgehead atoms. The maximum Gasteiger partial charge on any atom is 0.242 e. The van der Waals surface area contributed by atoms with Gasteiger partial charge in [0.1, 0.15) is 0 Å². The predicted molar refractivity (Wildman–Crippen MR) is 69.9 cm³/mol. The Kier molecular flexibility index (Phi) is 4.08. The molecule has 1 unspecified atom stereocenters. The zero-order valence-corrected chi connectivity index (χ0v) is 11.3. The molecule has 0 aromatic carbocycles. The number of hydrogen-bond donors (Lipinski definition) is 1. The highest BCUT2D eigenvalue weighted by atomic mass is 16.2. The molecule has 2 fully saturated rings. The smallest absolute Gasteiger partial charge is 0.242 e. The van der Waals surface area contributed by atoms with E-state index in [0.29, 0.717) is 5.91 Å². The van der Waals surface area contributed by atoms with Crippen LogP contribution in [0.15, 0.2) is 0 Å². The molecule has 1 N–H and O–H groups in total. The fraction of sp³-hybridized carbons (Fsp3) is 0.929. The van der Waals surface area contributed by atoms with E-state index in [4.69, 9.17) is 0 Å². The van der Waals surface area contributed by atoms with Crippen LogP contribution in [0.4, 0.5) is 0 Å². The Bertz CT molecular complexity index is 263. The second-order valence-corrected chi connectivity index (χ2v) is 5.89. The van der Waals surface area contributed by atoms with Crippen LogP contribution in [-0.4, -0.2) is 36.0 Å². The minimum atomic E-state index is -0.266. The van der Waals surface area contributed by atoms with Crippen molar-refractivity contribution in [1.29, 1.82) is 0 Å². The molecule has 3 nitrogen and oxygen atoms in total. The first-order valence-corrected chi connectivity index (χ1v) is 7.20. The molecule has 0 aliphatic carbocycles. The maximum absolute atomic E-state index is 12.5. The number of nitrogens with one attached hydrogen (secondary N) is 1. The van der Waals surface area contributed by atoms with Gasteiger partial charge in [0, 0.05) is 13.1 Å². The molecule has 1 amide bonds. The van der Waals surface area contributed by atoms with Crippen LogP contribution in [0.3, 0.4) is 0 Å². The van der Waals surface area contributed by atoms with E-state index < -0.39 is 0 Å². The van der Waals surface area contributed by atoms with Gasteiger partial charge in [-0.2, -0.15) is 0 Å². The Labute approximate surface area is 105 Å². The highest BCUT2D eigenvalue weighted by Crippen LogP contribution is 2.26. The normalized spacial score (nSPS) is 30.8. The average Bonchev–Trinajstić information content (AvgIpc) is 2.78. The molecule has 3 heteroatoms. The summed E-state index contributed by atoms with van der Waals surface area (Å²) in [7, 11) is 0. The van der Waals surface area contributed by atoms with Gasteiger partial charge in [-0.3, -0.25) is 4.79 Å². The van der Waals surface area contributed by atoms with Gasteiger partial charge >= 0.3 is 0 Å². The van der Waals surface area contributed by atoms with E-state index in [1.54, 1.807) is 0 Å². The Morgan fingerprint density at radius 2 is 2.12 bits per heavy atom. The number of carbonyl (C=O) groups is 1. The molecule has 2 aliphatic heterocycles. The van der Waals surface area contributed by atoms with Crippen molar-refractivity contribution in [3.63, 3.8) is 0 Å². The quantitative estimate of drug-likeness (QED) is 0.817. The second kappa shape index (κ2) is 5.38. The number of piperidine rings is 1. The van der Waals surface area contributed by atoms with Crippen LogP contribution < -0.4 is 5.32 Å². The molecule has 1 atom stereocenters. The van der Waals surface area contributed by atoms with Crippen LogP contribution in [0.2, 0.25) is 0 Å². The van der Waals surface area contributed by atoms with E-state index >= 15 is 0 Å². The molecule has 0 spiro atoms. The van der Waals surface area contributed by atoms with E-state index in [1.807, 2.05) is 0 Å². The van der Waals surface area contributed by atoms with Gasteiger partial charge in [0.15, 0.2) is 0 Å². The van der Waals surface area contributed by atoms with E-state index in [0.717, 1.165) is 38.4 Å². The van der Waals surface area contributed by atoms with Crippen molar-refractivity contribution < 1.29 is 4.79 Å². The summed E-state index contributed by atoms with van der Waals surface area (Å²) < 4.78 is 0. The third-order valence-corrected chi connectivity index (χ3v) is 4.44. The molecule has 0 saturated carbocycles. The van der Waals surface area contributed by atoms with Gasteiger partial charge in [-0.1, -0.05) is 19.8 Å². The lowest BCUT2D eigenvalue weighted by molar-refractivity contribution is -0.138. The first-order valence-electron chi connectivity index (χ1n) is 7.20. The van der Waals surface area contributed by atoms with E-state index in [-0.39, 0.29) is 5.54 Å². The van der Waals surface area contributed by atoms with Gasteiger partial charge in [0.2, 0.25) is 5.91 Å². The highest BCUT2D eigenvalue weighted by Gasteiger charge is 2.39. The topological polar surface area (TPSA) is 32.3 Å². The predicted octanol–water partition coefficient (Wildman–Crippen LogP) is 2.17. The lowest BCUT2D eigenvalue weighted by Crippen LogP contribution is -2.54. The van der Waals surface area contributed by atoms with E-state index in [9.17, 15) is 4.79 Å². The number of rotatable bonds is 3. The van der Waals surface area contributed by atoms with Crippen LogP contribution in [0.5, 0.6) is 0 Å². The fourth-order valence-electron chi connectivity index (χ4n) is 3.26. The fourth-order valence-corrected chi connectivity index (χ4v) is 3.26. The largest absolute Gasteiger partial charge is 0.341 e. The summed E-state index contributed by atoms with van der Waals surface area (Å²) >= 11 is 0. The number of amides is 1. The van der Waals surface area contributed by atoms with E-state index in [1.165, 1.54) is 25.7 Å². The van der Waals surface area contributed by atoms with Gasteiger partial charge in [-0.05, 0) is 45.1 Å². The molecular formula is C14H26N2O. The van der Waals surface area contributed by atoms with E-state index in [2.05, 4.69) is 24.1 Å². The second-order valence-electron chi connectivity index (χ2n) is 5.89. The van der Waals surface area contributed by atoms with Gasteiger partial charge < -0.3 is 10.2 Å². The van der Waals surface area contributed by atoms with Crippen LogP contribution in [0, 0.1) is 5.92 Å². The van der Waals surface area contributed by atoms with Gasteiger partial charge in [0.05, 0.1) is 5.54 Å². The van der Waals surface area contributed by atoms with Crippen molar-refractivity contribution in [2.75, 3.05) is 19.6 Å². The van der Waals surface area contributed by atoms with Crippen molar-refractivity contribution in [3.05, 3.63) is 0 Å². The molecular weight excluding hydrogens is 212 g/mol. The van der Waals surface area contributed by atoms with Crippen LogP contribution in [0.25, 0.3) is 0 Å². The number of likely N-dealkylation sites (tertiary alicyclic amines) is 1. The van der Waals surface area contributed by atoms with Gasteiger partial charge in [-0.25, -0.2) is 0 Å². The number of hydrogen-bond acceptors (Lipinski definition) is 2. The zero-order chi connectivity index (χ0) is 12.3. The number of nitrogens with zero attached hydrogens (tertiary/aromatic N) is 1. The first-order chi connectivity index (χ1) is 8.15. The van der Waals surface area contributed by atoms with Crippen LogP contribution in [-0.2, 0) is 4.79 Å². The summed E-state index contributed by atoms with van der Waals surface area (Å²) in [4.78, 5) is 14.5. The molecule has 2 heterocycles. The molecule has 98 valence electrons. The van der Waals surface area contributed by atoms with Crippen molar-refractivity contribution in [3.8, 4) is 0 Å². The average molecular weight is 238 g/mol. The summed E-state index contributed by atoms with van der Waals surface area (Å²) in [5, 5.41) is 3.38. The summed E-state index contributed by atoms with van der Waals surface area (Å²) in [6, 6.07) is 0. The lowest BCUT2D eigenvalue weighted by atomic mass is 9.90. The molecule has 0 aromatic rings. The van der Waals surface area contributed by atoms with Gasteiger partial charge in [0.25, 0.3) is 0 Å². The molecule has 2 aliphatic rings. The summed E-state index contributed by atoms with van der Waals surface area (Å²) in [5.74, 6) is 1.19. The third kappa shape index (κ3) is 2.82. The molecule has 0 radical (unpaired) electrons. The maximum atomic E-state index is 12.5. The SMILES string of the molecule is CCCC1CCN(C(=O)C2(C)CCCN2)CC1. The zero-order valence-electron chi connectivity index (χ0n) is 11.3. The van der Waals surface area contributed by atoms with Crippen LogP contribution >= 0.6 is 0 Å². The minimum Gasteiger partial charge on any atom is -0.341 e. The molecule has 2 saturated heterocycles. The summed E-state index contributed by atoms with van der Waals surface area (Å²) in [6.07, 6.45) is 7.15. The Balaban J connectivity index is 1.86. The Morgan fingerprint density at radius 3 is 2.65 bits per heavy atom. The number of carbonyl (C=O) groups excluding carboxylic acids is 1. The van der Waals surface area contributed by atoms with Crippen molar-refractivity contribution in [2.45, 2.75) is 57.9 Å². The Morgan fingerprint density at radius 1 is 1.41 bits per heavy atom. The lowest BCUT2D eigenvalue weighted by Gasteiger charge is -2.37. The highest BCUT2D eigenvalue weighted by molar-refractivity contribution is 5.86. The molecule has 17 heavy (non-hydrogen) atoms. The minimum absolute atomic E-state index is 0.266. The van der Waals surface area contributed by atoms with Gasteiger partial charge in [-0.15, -0.1) is 0 Å². The standard InChI is InChI=1S/C14H26N2O/c1-3-5-12-6-10-16(11-7-12)13(17)14(2)8-4-9-15-14/h12,15H,3-11H2,1-2H3. The molecule has 0 aromatic heterocycles. The van der Waals surface area contributed by atoms with Crippen molar-refractivity contribution in [2.24, 2.45) is 5.92 Å². The first kappa shape index (κ1) is 12.9. The summed E-state index contributed by atoms with van der Waals surface area (Å²) in [5.41, 5.74) is -0.266. The van der Waals surface area contributed by atoms with Crippen molar-refractivity contribution >= 4 is 5.91 Å². The third-order valence-electron chi connectivity index (χ3n) is 4.44. The molecule has 2 rings (SSSR count). The van der Waals surface area contributed by atoms with Crippen molar-refractivity contribution in [1.82, 2.24) is 10.2 Å². The monoisotopic (exact) mass is 238 g/mol.